The van der Waals surface area contributed by atoms with Gasteiger partial charge in [-0.05, 0) is 48.2 Å². The number of rotatable bonds is 8. The van der Waals surface area contributed by atoms with Crippen molar-refractivity contribution in [1.29, 1.82) is 0 Å². The van der Waals surface area contributed by atoms with Crippen LogP contribution in [0.5, 0.6) is 0 Å². The number of nitrogens with zero attached hydrogens (tertiary/aromatic N) is 1. The molecule has 0 aliphatic heterocycles. The van der Waals surface area contributed by atoms with Crippen LogP contribution in [0.25, 0.3) is 0 Å². The number of nitrogens with one attached hydrogen (secondary N) is 1. The Kier molecular flexibility index (Phi) is 7.53. The Bertz CT molecular complexity index is 969. The molecule has 29 heavy (non-hydrogen) atoms. The van der Waals surface area contributed by atoms with E-state index in [1.165, 1.54) is 43.9 Å². The van der Waals surface area contributed by atoms with Crippen molar-refractivity contribution in [1.82, 2.24) is 4.31 Å². The zero-order chi connectivity index (χ0) is 21.6. The lowest BCUT2D eigenvalue weighted by Gasteiger charge is -2.12. The molecule has 2 aromatic rings. The van der Waals surface area contributed by atoms with Gasteiger partial charge in [0.2, 0.25) is 10.0 Å². The molecule has 0 saturated carbocycles. The van der Waals surface area contributed by atoms with E-state index in [1.54, 1.807) is 12.1 Å². The van der Waals surface area contributed by atoms with Crippen molar-refractivity contribution in [2.75, 3.05) is 26.0 Å². The summed E-state index contributed by atoms with van der Waals surface area (Å²) in [6, 6.07) is 13.0. The highest BCUT2D eigenvalue weighted by molar-refractivity contribution is 7.89. The minimum absolute atomic E-state index is 0.0252. The van der Waals surface area contributed by atoms with Gasteiger partial charge in [-0.1, -0.05) is 32.0 Å². The van der Waals surface area contributed by atoms with E-state index in [2.05, 4.69) is 19.2 Å². The first-order chi connectivity index (χ1) is 13.6. The predicted octanol–water partition coefficient (Wildman–Crippen LogP) is 3.25. The number of amides is 1. The molecule has 0 fully saturated rings. The fourth-order valence-electron chi connectivity index (χ4n) is 2.54. The van der Waals surface area contributed by atoms with Gasteiger partial charge in [0.25, 0.3) is 5.91 Å². The molecule has 0 unspecified atom stereocenters. The third-order valence-electron chi connectivity index (χ3n) is 4.56. The number of anilines is 1. The van der Waals surface area contributed by atoms with Crippen LogP contribution in [0.2, 0.25) is 0 Å². The van der Waals surface area contributed by atoms with Gasteiger partial charge >= 0.3 is 5.97 Å². The summed E-state index contributed by atoms with van der Waals surface area (Å²) in [5, 5.41) is 2.66. The fraction of sp³-hybridized carbons (Fsp3) is 0.333. The first-order valence-electron chi connectivity index (χ1n) is 9.24. The molecule has 156 valence electrons. The number of hydrogen-bond donors (Lipinski definition) is 1. The van der Waals surface area contributed by atoms with E-state index in [9.17, 15) is 18.0 Å². The van der Waals surface area contributed by atoms with Crippen molar-refractivity contribution in [2.24, 2.45) is 0 Å². The average Bonchev–Trinajstić information content (AvgIpc) is 2.72. The lowest BCUT2D eigenvalue weighted by Crippen LogP contribution is -2.23. The Balaban J connectivity index is 1.96. The van der Waals surface area contributed by atoms with Crippen LogP contribution < -0.4 is 5.32 Å². The fourth-order valence-corrected chi connectivity index (χ4v) is 3.48. The molecular weight excluding hydrogens is 392 g/mol. The number of ether oxygens (including phenoxy) is 1. The summed E-state index contributed by atoms with van der Waals surface area (Å²) >= 11 is 0. The molecule has 0 radical (unpaired) electrons. The minimum Gasteiger partial charge on any atom is -0.452 e. The first-order valence-corrected chi connectivity index (χ1v) is 10.7. The Labute approximate surface area is 171 Å². The molecule has 8 heteroatoms. The van der Waals surface area contributed by atoms with Gasteiger partial charge in [-0.25, -0.2) is 17.5 Å². The van der Waals surface area contributed by atoms with Crippen molar-refractivity contribution in [3.8, 4) is 0 Å². The maximum atomic E-state index is 12.2. The highest BCUT2D eigenvalue weighted by Gasteiger charge is 2.19. The molecule has 1 N–H and O–H groups in total. The smallest absolute Gasteiger partial charge is 0.338 e. The van der Waals surface area contributed by atoms with Crippen LogP contribution in [0.1, 0.15) is 42.1 Å². The highest BCUT2D eigenvalue weighted by atomic mass is 32.2. The van der Waals surface area contributed by atoms with Crippen LogP contribution in [0.4, 0.5) is 5.69 Å². The zero-order valence-electron chi connectivity index (χ0n) is 17.0. The van der Waals surface area contributed by atoms with E-state index in [0.717, 1.165) is 10.7 Å². The largest absolute Gasteiger partial charge is 0.452 e. The maximum absolute atomic E-state index is 12.2. The molecule has 0 spiro atoms. The highest BCUT2D eigenvalue weighted by Crippen LogP contribution is 2.20. The summed E-state index contributed by atoms with van der Waals surface area (Å²) in [5.41, 5.74) is 1.85. The number of carbonyl (C=O) groups is 2. The van der Waals surface area contributed by atoms with E-state index in [4.69, 9.17) is 4.74 Å². The Hall–Kier alpha value is -2.71. The van der Waals surface area contributed by atoms with Crippen molar-refractivity contribution in [3.05, 3.63) is 59.7 Å². The summed E-state index contributed by atoms with van der Waals surface area (Å²) in [6.45, 7) is 3.77. The average molecular weight is 419 g/mol. The summed E-state index contributed by atoms with van der Waals surface area (Å²) in [4.78, 5) is 24.2. The minimum atomic E-state index is -3.67. The second kappa shape index (κ2) is 9.67. The number of hydrogen-bond acceptors (Lipinski definition) is 5. The molecule has 0 heterocycles. The molecular formula is C21H26N2O5S. The summed E-state index contributed by atoms with van der Waals surface area (Å²) in [7, 11) is -0.865. The summed E-state index contributed by atoms with van der Waals surface area (Å²) < 4.78 is 30.4. The quantitative estimate of drug-likeness (QED) is 0.665. The van der Waals surface area contributed by atoms with E-state index < -0.39 is 28.5 Å². The van der Waals surface area contributed by atoms with E-state index in [-0.39, 0.29) is 10.5 Å². The Morgan fingerprint density at radius 3 is 2.34 bits per heavy atom. The van der Waals surface area contributed by atoms with Crippen LogP contribution in [0.3, 0.4) is 0 Å². The topological polar surface area (TPSA) is 92.8 Å². The normalized spacial score (nSPS) is 12.4. The van der Waals surface area contributed by atoms with Crippen LogP contribution >= 0.6 is 0 Å². The van der Waals surface area contributed by atoms with E-state index >= 15 is 0 Å². The molecule has 1 atom stereocenters. The SMILES string of the molecule is CC[C@H](C)c1ccc(NC(=O)COC(=O)c2cccc(S(=O)(=O)N(C)C)c2)cc1. The molecule has 7 nitrogen and oxygen atoms in total. The van der Waals surface area contributed by atoms with Crippen molar-refractivity contribution in [3.63, 3.8) is 0 Å². The Morgan fingerprint density at radius 1 is 1.10 bits per heavy atom. The van der Waals surface area contributed by atoms with Gasteiger partial charge in [0.05, 0.1) is 10.5 Å². The lowest BCUT2D eigenvalue weighted by molar-refractivity contribution is -0.119. The molecule has 0 aromatic heterocycles. The maximum Gasteiger partial charge on any atom is 0.338 e. The summed E-state index contributed by atoms with van der Waals surface area (Å²) in [6.07, 6.45) is 1.03. The van der Waals surface area contributed by atoms with Gasteiger partial charge in [-0.15, -0.1) is 0 Å². The van der Waals surface area contributed by atoms with Gasteiger partial charge in [-0.3, -0.25) is 4.79 Å². The second-order valence-electron chi connectivity index (χ2n) is 6.87. The van der Waals surface area contributed by atoms with Gasteiger partial charge in [0.15, 0.2) is 6.61 Å². The van der Waals surface area contributed by atoms with Gasteiger partial charge in [0, 0.05) is 19.8 Å². The van der Waals surface area contributed by atoms with Gasteiger partial charge in [-0.2, -0.15) is 0 Å². The standard InChI is InChI=1S/C21H26N2O5S/c1-5-15(2)16-9-11-18(12-10-16)22-20(24)14-28-21(25)17-7-6-8-19(13-17)29(26,27)23(3)4/h6-13,15H,5,14H2,1-4H3,(H,22,24)/t15-/m0/s1. The van der Waals surface area contributed by atoms with Crippen molar-refractivity contribution < 1.29 is 22.7 Å². The molecule has 0 aliphatic carbocycles. The zero-order valence-corrected chi connectivity index (χ0v) is 17.8. The van der Waals surface area contributed by atoms with Crippen LogP contribution in [-0.4, -0.2) is 45.3 Å². The van der Waals surface area contributed by atoms with Gasteiger partial charge < -0.3 is 10.1 Å². The summed E-state index contributed by atoms with van der Waals surface area (Å²) in [5.74, 6) is -0.817. The molecule has 2 aromatic carbocycles. The number of esters is 1. The number of sulfonamides is 1. The van der Waals surface area contributed by atoms with E-state index in [1.807, 2.05) is 12.1 Å². The lowest BCUT2D eigenvalue weighted by atomic mass is 9.99. The van der Waals surface area contributed by atoms with Crippen LogP contribution in [0.15, 0.2) is 53.4 Å². The number of carbonyl (C=O) groups excluding carboxylic acids is 2. The van der Waals surface area contributed by atoms with Crippen molar-refractivity contribution in [2.45, 2.75) is 31.1 Å². The van der Waals surface area contributed by atoms with Gasteiger partial charge in [0.1, 0.15) is 0 Å². The first kappa shape index (κ1) is 22.6. The van der Waals surface area contributed by atoms with Crippen LogP contribution in [0, 0.1) is 0 Å². The third kappa shape index (κ3) is 5.88. The third-order valence-corrected chi connectivity index (χ3v) is 6.37. The second-order valence-corrected chi connectivity index (χ2v) is 9.02. The molecule has 0 aliphatic rings. The van der Waals surface area contributed by atoms with E-state index in [0.29, 0.717) is 11.6 Å². The van der Waals surface area contributed by atoms with Crippen molar-refractivity contribution >= 4 is 27.6 Å². The Morgan fingerprint density at radius 2 is 1.76 bits per heavy atom. The molecule has 1 amide bonds. The molecule has 0 saturated heterocycles. The number of benzene rings is 2. The monoisotopic (exact) mass is 418 g/mol. The molecule has 0 bridgehead atoms. The van der Waals surface area contributed by atoms with Crippen LogP contribution in [-0.2, 0) is 19.6 Å². The predicted molar refractivity (Wildman–Crippen MR) is 111 cm³/mol. The molecule has 2 rings (SSSR count).